The quantitative estimate of drug-likeness (QED) is 0.473. The van der Waals surface area contributed by atoms with Gasteiger partial charge in [0.05, 0.1) is 5.92 Å². The number of carbonyl (C=O) groups is 1. The van der Waals surface area contributed by atoms with E-state index in [4.69, 9.17) is 4.98 Å². The summed E-state index contributed by atoms with van der Waals surface area (Å²) < 4.78 is 1.85. The van der Waals surface area contributed by atoms with E-state index in [2.05, 4.69) is 39.3 Å². The van der Waals surface area contributed by atoms with E-state index in [1.807, 2.05) is 16.8 Å². The number of nitrogens with zero attached hydrogens (tertiary/aromatic N) is 5. The van der Waals surface area contributed by atoms with E-state index in [9.17, 15) is 14.7 Å². The molecule has 3 heterocycles. The van der Waals surface area contributed by atoms with Gasteiger partial charge in [-0.3, -0.25) is 19.1 Å². The first-order valence-corrected chi connectivity index (χ1v) is 13.7. The Hall–Kier alpha value is -3.04. The van der Waals surface area contributed by atoms with Crippen LogP contribution < -0.4 is 10.9 Å². The van der Waals surface area contributed by atoms with Gasteiger partial charge in [0, 0.05) is 62.3 Å². The maximum absolute atomic E-state index is 14.1. The summed E-state index contributed by atoms with van der Waals surface area (Å²) in [6.07, 6.45) is 6.79. The zero-order chi connectivity index (χ0) is 25.5. The van der Waals surface area contributed by atoms with Gasteiger partial charge in [0.25, 0.3) is 5.56 Å². The molecule has 2 N–H and O–H groups in total. The van der Waals surface area contributed by atoms with Gasteiger partial charge in [0.15, 0.2) is 0 Å². The van der Waals surface area contributed by atoms with Crippen molar-refractivity contribution in [2.75, 3.05) is 45.1 Å². The number of carboxylic acid groups (broad SMARTS) is 1. The molecule has 2 saturated carbocycles. The summed E-state index contributed by atoms with van der Waals surface area (Å²) in [5, 5.41) is 15.3. The molecule has 37 heavy (non-hydrogen) atoms. The van der Waals surface area contributed by atoms with Crippen molar-refractivity contribution >= 4 is 33.7 Å². The van der Waals surface area contributed by atoms with E-state index in [1.165, 1.54) is 12.8 Å². The second-order valence-corrected chi connectivity index (χ2v) is 11.2. The predicted octanol–water partition coefficient (Wildman–Crippen LogP) is 3.33. The second-order valence-electron chi connectivity index (χ2n) is 11.2. The van der Waals surface area contributed by atoms with Crippen LogP contribution in [-0.4, -0.2) is 75.2 Å². The number of aliphatic carboxylic acids is 1. The van der Waals surface area contributed by atoms with Crippen LogP contribution in [0.3, 0.4) is 0 Å². The normalized spacial score (nSPS) is 23.5. The molecule has 2 aliphatic carbocycles. The van der Waals surface area contributed by atoms with Crippen molar-refractivity contribution in [2.24, 2.45) is 11.8 Å². The third kappa shape index (κ3) is 5.07. The lowest BCUT2D eigenvalue weighted by Crippen LogP contribution is -2.43. The number of benzene rings is 1. The molecule has 1 aromatic carbocycles. The maximum atomic E-state index is 14.1. The third-order valence-electron chi connectivity index (χ3n) is 8.48. The van der Waals surface area contributed by atoms with Crippen molar-refractivity contribution in [3.05, 3.63) is 40.3 Å². The van der Waals surface area contributed by atoms with E-state index in [-0.39, 0.29) is 17.5 Å². The number of carboxylic acids is 1. The Balaban J connectivity index is 1.40. The van der Waals surface area contributed by atoms with E-state index in [0.29, 0.717) is 48.6 Å². The first-order chi connectivity index (χ1) is 18.0. The summed E-state index contributed by atoms with van der Waals surface area (Å²) >= 11 is 0. The zero-order valence-electron chi connectivity index (χ0n) is 21.5. The van der Waals surface area contributed by atoms with Gasteiger partial charge < -0.3 is 15.3 Å². The Morgan fingerprint density at radius 2 is 1.78 bits per heavy atom. The van der Waals surface area contributed by atoms with Crippen LogP contribution in [0.1, 0.15) is 50.1 Å². The molecule has 0 radical (unpaired) electrons. The van der Waals surface area contributed by atoms with Gasteiger partial charge in [0.1, 0.15) is 5.65 Å². The van der Waals surface area contributed by atoms with Crippen molar-refractivity contribution in [1.29, 1.82) is 0 Å². The highest BCUT2D eigenvalue weighted by atomic mass is 16.4. The standard InChI is InChI=1S/C28H36N6O3/c1-32-10-12-33(13-11-32)17-19-4-9-22-23(14-19)26(35)34(21-7-5-20(6-8-21)27(36)37)25-24(22)16-30-28(31-25)29-15-18-2-3-18/h4,9,14,16,18,20-21H,2-3,5-8,10-13,15,17H2,1H3,(H,36,37)(H,29,30,31)/t20-,21-. The first-order valence-electron chi connectivity index (χ1n) is 13.7. The first kappa shape index (κ1) is 24.3. The van der Waals surface area contributed by atoms with Crippen molar-refractivity contribution in [2.45, 2.75) is 51.1 Å². The second kappa shape index (κ2) is 10.0. The molecule has 0 unspecified atom stereocenters. The fraction of sp³-hybridized carbons (Fsp3) is 0.571. The van der Waals surface area contributed by atoms with Crippen molar-refractivity contribution in [3.63, 3.8) is 0 Å². The van der Waals surface area contributed by atoms with E-state index in [0.717, 1.165) is 55.6 Å². The van der Waals surface area contributed by atoms with Gasteiger partial charge in [-0.1, -0.05) is 12.1 Å². The molecule has 9 nitrogen and oxygen atoms in total. The highest BCUT2D eigenvalue weighted by Crippen LogP contribution is 2.35. The van der Waals surface area contributed by atoms with E-state index in [1.54, 1.807) is 0 Å². The molecular formula is C28H36N6O3. The molecule has 1 saturated heterocycles. The monoisotopic (exact) mass is 504 g/mol. The fourth-order valence-corrected chi connectivity index (χ4v) is 5.90. The Labute approximate surface area is 216 Å². The minimum atomic E-state index is -0.739. The Bertz CT molecular complexity index is 1370. The number of fused-ring (bicyclic) bond motifs is 3. The topological polar surface area (TPSA) is 104 Å². The van der Waals surface area contributed by atoms with Crippen LogP contribution in [0.2, 0.25) is 0 Å². The molecular weight excluding hydrogens is 468 g/mol. The molecule has 0 amide bonds. The number of hydrogen-bond acceptors (Lipinski definition) is 7. The number of rotatable bonds is 7. The lowest BCUT2D eigenvalue weighted by Gasteiger charge is -2.32. The Morgan fingerprint density at radius 1 is 1.03 bits per heavy atom. The van der Waals surface area contributed by atoms with Crippen LogP contribution in [0.15, 0.2) is 29.2 Å². The number of piperazine rings is 1. The van der Waals surface area contributed by atoms with Crippen molar-refractivity contribution in [1.82, 2.24) is 24.3 Å². The van der Waals surface area contributed by atoms with Crippen LogP contribution >= 0.6 is 0 Å². The summed E-state index contributed by atoms with van der Waals surface area (Å²) in [4.78, 5) is 39.9. The van der Waals surface area contributed by atoms with Crippen molar-refractivity contribution < 1.29 is 9.90 Å². The van der Waals surface area contributed by atoms with Crippen LogP contribution in [-0.2, 0) is 11.3 Å². The van der Waals surface area contributed by atoms with Crippen LogP contribution in [0, 0.1) is 11.8 Å². The smallest absolute Gasteiger partial charge is 0.306 e. The summed E-state index contributed by atoms with van der Waals surface area (Å²) in [5.74, 6) is 0.164. The minimum absolute atomic E-state index is 0.0339. The summed E-state index contributed by atoms with van der Waals surface area (Å²) in [7, 11) is 2.15. The number of aromatic nitrogens is 3. The van der Waals surface area contributed by atoms with Gasteiger partial charge in [-0.15, -0.1) is 0 Å². The Morgan fingerprint density at radius 3 is 2.49 bits per heavy atom. The molecule has 0 spiro atoms. The zero-order valence-corrected chi connectivity index (χ0v) is 21.5. The molecule has 3 aliphatic rings. The Kier molecular flexibility index (Phi) is 6.58. The summed E-state index contributed by atoms with van der Waals surface area (Å²) in [6, 6.07) is 6.16. The number of anilines is 1. The summed E-state index contributed by atoms with van der Waals surface area (Å²) in [6.45, 7) is 5.83. The van der Waals surface area contributed by atoms with Gasteiger partial charge in [0.2, 0.25) is 5.95 Å². The van der Waals surface area contributed by atoms with Crippen LogP contribution in [0.4, 0.5) is 5.95 Å². The molecule has 196 valence electrons. The average Bonchev–Trinajstić information content (AvgIpc) is 3.74. The molecule has 9 heteroatoms. The molecule has 3 fully saturated rings. The van der Waals surface area contributed by atoms with Gasteiger partial charge in [-0.2, -0.15) is 4.98 Å². The lowest BCUT2D eigenvalue weighted by molar-refractivity contribution is -0.143. The number of nitrogens with one attached hydrogen (secondary N) is 1. The van der Waals surface area contributed by atoms with Crippen LogP contribution in [0.25, 0.3) is 21.8 Å². The van der Waals surface area contributed by atoms with Gasteiger partial charge >= 0.3 is 5.97 Å². The van der Waals surface area contributed by atoms with E-state index >= 15 is 0 Å². The average molecular weight is 505 g/mol. The molecule has 0 bridgehead atoms. The minimum Gasteiger partial charge on any atom is -0.481 e. The SMILES string of the molecule is CN1CCN(Cc2ccc3c(c2)c(=O)n([C@H]2CC[C@H](C(=O)O)CC2)c2nc(NCC4CC4)ncc32)CC1. The molecule has 3 aromatic rings. The summed E-state index contributed by atoms with van der Waals surface area (Å²) in [5.41, 5.74) is 1.75. The van der Waals surface area contributed by atoms with Crippen molar-refractivity contribution in [3.8, 4) is 0 Å². The molecule has 2 aromatic heterocycles. The van der Waals surface area contributed by atoms with E-state index < -0.39 is 5.97 Å². The van der Waals surface area contributed by atoms with Gasteiger partial charge in [-0.25, -0.2) is 4.98 Å². The largest absolute Gasteiger partial charge is 0.481 e. The maximum Gasteiger partial charge on any atom is 0.306 e. The number of pyridine rings is 1. The molecule has 0 atom stereocenters. The fourth-order valence-electron chi connectivity index (χ4n) is 5.90. The highest BCUT2D eigenvalue weighted by Gasteiger charge is 2.29. The van der Waals surface area contributed by atoms with Gasteiger partial charge in [-0.05, 0) is 68.5 Å². The van der Waals surface area contributed by atoms with Crippen LogP contribution in [0.5, 0.6) is 0 Å². The number of likely N-dealkylation sites (N-methyl/N-ethyl adjacent to an activating group) is 1. The lowest BCUT2D eigenvalue weighted by atomic mass is 9.85. The number of hydrogen-bond donors (Lipinski definition) is 2. The third-order valence-corrected chi connectivity index (χ3v) is 8.48. The molecule has 6 rings (SSSR count). The highest BCUT2D eigenvalue weighted by molar-refractivity contribution is 6.04. The molecule has 1 aliphatic heterocycles. The predicted molar refractivity (Wildman–Crippen MR) is 144 cm³/mol.